The lowest BCUT2D eigenvalue weighted by Gasteiger charge is -2.44. The molecule has 0 saturated carbocycles. The number of carbonyl (C=O) groups is 2. The van der Waals surface area contributed by atoms with Crippen molar-refractivity contribution in [2.75, 3.05) is 25.1 Å². The normalized spacial score (nSPS) is 18.9. The molecule has 2 aliphatic heterocycles. The Morgan fingerprint density at radius 2 is 1.85 bits per heavy atom. The Labute approximate surface area is 203 Å². The number of thioether (sulfide) groups is 1. The highest BCUT2D eigenvalue weighted by Gasteiger charge is 2.51. The third-order valence-corrected chi connectivity index (χ3v) is 6.80. The number of piperidine rings is 1. The van der Waals surface area contributed by atoms with Gasteiger partial charge >= 0.3 is 6.09 Å². The number of benzene rings is 2. The van der Waals surface area contributed by atoms with E-state index >= 15 is 0 Å². The summed E-state index contributed by atoms with van der Waals surface area (Å²) in [4.78, 5) is 27.5. The molecule has 7 nitrogen and oxygen atoms in total. The zero-order valence-corrected chi connectivity index (χ0v) is 19.9. The van der Waals surface area contributed by atoms with Crippen LogP contribution in [0.15, 0.2) is 54.6 Å². The van der Waals surface area contributed by atoms with Gasteiger partial charge in [0, 0.05) is 32.5 Å². The third kappa shape index (κ3) is 6.27. The van der Waals surface area contributed by atoms with Crippen LogP contribution >= 0.6 is 11.8 Å². The molecule has 2 aromatic rings. The van der Waals surface area contributed by atoms with Crippen molar-refractivity contribution in [3.05, 3.63) is 71.5 Å². The van der Waals surface area contributed by atoms with E-state index in [1.165, 1.54) is 17.0 Å². The number of rotatable bonds is 5. The fraction of sp³-hybridized carbons (Fsp3) is 0.400. The molecule has 34 heavy (non-hydrogen) atoms. The summed E-state index contributed by atoms with van der Waals surface area (Å²) in [7, 11) is 0. The largest absolute Gasteiger partial charge is 0.465 e. The summed E-state index contributed by atoms with van der Waals surface area (Å²) in [6.45, 7) is 1.19. The predicted molar refractivity (Wildman–Crippen MR) is 130 cm³/mol. The fourth-order valence-corrected chi connectivity index (χ4v) is 4.76. The van der Waals surface area contributed by atoms with Gasteiger partial charge in [0.05, 0.1) is 23.3 Å². The van der Waals surface area contributed by atoms with Gasteiger partial charge in [0.2, 0.25) is 5.91 Å². The first kappa shape index (κ1) is 25.5. The molecule has 2 amide bonds. The first-order valence-electron chi connectivity index (χ1n) is 11.1. The maximum Gasteiger partial charge on any atom is 0.407 e. The molecule has 2 fully saturated rings. The predicted octanol–water partition coefficient (Wildman–Crippen LogP) is 3.91. The number of halogens is 1. The zero-order valence-electron chi connectivity index (χ0n) is 19.1. The molecule has 2 saturated heterocycles. The standard InChI is InChI=1S/C18H24FN3O3S.C7H5N/c1-26-11-6-15-16(23)22(12-13-2-4-14(19)5-3-13)18(20-15)7-9-21(10-8-18)17(24)25;8-6-7-4-2-1-3-5-7/h2-5,15,20H,6-12H2,1H3,(H,24,25);1-5H. The smallest absolute Gasteiger partial charge is 0.407 e. The number of hydrogen-bond acceptors (Lipinski definition) is 5. The molecule has 1 unspecified atom stereocenters. The molecule has 0 aliphatic carbocycles. The summed E-state index contributed by atoms with van der Waals surface area (Å²) < 4.78 is 13.2. The van der Waals surface area contributed by atoms with E-state index in [0.29, 0.717) is 38.0 Å². The van der Waals surface area contributed by atoms with Crippen LogP contribution in [0.4, 0.5) is 9.18 Å². The summed E-state index contributed by atoms with van der Waals surface area (Å²) in [6, 6.07) is 17.1. The van der Waals surface area contributed by atoms with E-state index in [2.05, 4.69) is 5.32 Å². The quantitative estimate of drug-likeness (QED) is 0.668. The van der Waals surface area contributed by atoms with Crippen molar-refractivity contribution in [3.8, 4) is 6.07 Å². The molecule has 2 aromatic carbocycles. The lowest BCUT2D eigenvalue weighted by atomic mass is 9.95. The van der Waals surface area contributed by atoms with Gasteiger partial charge in [-0.3, -0.25) is 10.1 Å². The number of nitrogens with zero attached hydrogens (tertiary/aromatic N) is 3. The van der Waals surface area contributed by atoms with Crippen LogP contribution in [0.3, 0.4) is 0 Å². The van der Waals surface area contributed by atoms with Gasteiger partial charge in [-0.05, 0) is 48.3 Å². The number of carbonyl (C=O) groups excluding carboxylic acids is 1. The van der Waals surface area contributed by atoms with Crippen LogP contribution in [0.2, 0.25) is 0 Å². The van der Waals surface area contributed by atoms with Crippen LogP contribution in [-0.4, -0.2) is 63.7 Å². The molecule has 1 spiro atoms. The molecule has 4 rings (SSSR count). The first-order chi connectivity index (χ1) is 16.4. The second-order valence-corrected chi connectivity index (χ2v) is 9.29. The number of likely N-dealkylation sites (tertiary alicyclic amines) is 1. The van der Waals surface area contributed by atoms with Gasteiger partial charge in [0.1, 0.15) is 5.82 Å². The third-order valence-electron chi connectivity index (χ3n) is 6.15. The van der Waals surface area contributed by atoms with Gasteiger partial charge in [-0.15, -0.1) is 0 Å². The van der Waals surface area contributed by atoms with E-state index in [4.69, 9.17) is 5.26 Å². The molecule has 2 N–H and O–H groups in total. The molecule has 9 heteroatoms. The summed E-state index contributed by atoms with van der Waals surface area (Å²) >= 11 is 1.70. The van der Waals surface area contributed by atoms with Gasteiger partial charge in [0.15, 0.2) is 0 Å². The number of amides is 2. The van der Waals surface area contributed by atoms with Gasteiger partial charge in [-0.2, -0.15) is 17.0 Å². The van der Waals surface area contributed by atoms with Crippen LogP contribution < -0.4 is 5.32 Å². The molecule has 1 atom stereocenters. The Kier molecular flexibility index (Phi) is 8.91. The molecule has 0 bridgehead atoms. The topological polar surface area (TPSA) is 96.7 Å². The van der Waals surface area contributed by atoms with Crippen LogP contribution in [0, 0.1) is 17.1 Å². The molecule has 2 aliphatic rings. The Morgan fingerprint density at radius 3 is 2.38 bits per heavy atom. The molecule has 0 aromatic heterocycles. The highest BCUT2D eigenvalue weighted by atomic mass is 32.2. The van der Waals surface area contributed by atoms with Crippen LogP contribution in [0.25, 0.3) is 0 Å². The van der Waals surface area contributed by atoms with Crippen LogP contribution in [-0.2, 0) is 11.3 Å². The van der Waals surface area contributed by atoms with Crippen molar-refractivity contribution in [1.82, 2.24) is 15.1 Å². The highest BCUT2D eigenvalue weighted by Crippen LogP contribution is 2.34. The molecular weight excluding hydrogens is 455 g/mol. The molecule has 0 radical (unpaired) electrons. The Hall–Kier alpha value is -3.09. The number of carboxylic acid groups (broad SMARTS) is 1. The van der Waals surface area contributed by atoms with Gasteiger partial charge in [-0.25, -0.2) is 9.18 Å². The molecule has 2 heterocycles. The minimum absolute atomic E-state index is 0.0483. The average molecular weight is 485 g/mol. The fourth-order valence-electron chi connectivity index (χ4n) is 4.29. The van der Waals surface area contributed by atoms with Crippen molar-refractivity contribution in [1.29, 1.82) is 5.26 Å². The minimum atomic E-state index is -0.923. The van der Waals surface area contributed by atoms with E-state index in [-0.39, 0.29) is 17.8 Å². The second-order valence-electron chi connectivity index (χ2n) is 8.31. The Bertz CT molecular complexity index is 1010. The van der Waals surface area contributed by atoms with E-state index in [9.17, 15) is 19.1 Å². The summed E-state index contributed by atoms with van der Waals surface area (Å²) in [6.07, 6.45) is 2.94. The lowest BCUT2D eigenvalue weighted by molar-refractivity contribution is -0.134. The van der Waals surface area contributed by atoms with Crippen molar-refractivity contribution >= 4 is 23.8 Å². The number of nitriles is 1. The van der Waals surface area contributed by atoms with Crippen molar-refractivity contribution in [2.24, 2.45) is 0 Å². The number of hydrogen-bond donors (Lipinski definition) is 2. The maximum absolute atomic E-state index is 13.2. The van der Waals surface area contributed by atoms with E-state index < -0.39 is 11.8 Å². The maximum atomic E-state index is 13.2. The van der Waals surface area contributed by atoms with Gasteiger partial charge in [0.25, 0.3) is 0 Å². The second kappa shape index (κ2) is 11.9. The van der Waals surface area contributed by atoms with Gasteiger partial charge < -0.3 is 14.9 Å². The van der Waals surface area contributed by atoms with E-state index in [1.807, 2.05) is 35.4 Å². The van der Waals surface area contributed by atoms with E-state index in [1.54, 1.807) is 36.0 Å². The van der Waals surface area contributed by atoms with Crippen molar-refractivity contribution in [3.63, 3.8) is 0 Å². The summed E-state index contributed by atoms with van der Waals surface area (Å²) in [5.74, 6) is 0.625. The van der Waals surface area contributed by atoms with Crippen molar-refractivity contribution in [2.45, 2.75) is 37.5 Å². The van der Waals surface area contributed by atoms with Crippen molar-refractivity contribution < 1.29 is 19.1 Å². The van der Waals surface area contributed by atoms with Gasteiger partial charge in [-0.1, -0.05) is 30.3 Å². The summed E-state index contributed by atoms with van der Waals surface area (Å²) in [5.41, 5.74) is 1.06. The molecular formula is C25H29FN4O3S. The lowest BCUT2D eigenvalue weighted by Crippen LogP contribution is -2.59. The highest BCUT2D eigenvalue weighted by molar-refractivity contribution is 7.98. The summed E-state index contributed by atoms with van der Waals surface area (Å²) in [5, 5.41) is 21.0. The van der Waals surface area contributed by atoms with Crippen LogP contribution in [0.1, 0.15) is 30.4 Å². The van der Waals surface area contributed by atoms with Crippen LogP contribution in [0.5, 0.6) is 0 Å². The Balaban J connectivity index is 0.000000343. The van der Waals surface area contributed by atoms with E-state index in [0.717, 1.165) is 17.7 Å². The minimum Gasteiger partial charge on any atom is -0.465 e. The molecule has 180 valence electrons. The first-order valence-corrected chi connectivity index (χ1v) is 12.5. The monoisotopic (exact) mass is 484 g/mol. The number of nitrogens with one attached hydrogen (secondary N) is 1. The Morgan fingerprint density at radius 1 is 1.21 bits per heavy atom. The average Bonchev–Trinajstić information content (AvgIpc) is 3.10. The zero-order chi connectivity index (χ0) is 24.6. The SMILES string of the molecule is CSCCC1NC2(CCN(C(=O)O)CC2)N(Cc2ccc(F)cc2)C1=O.N#Cc1ccccc1.